The number of nitrogens with zero attached hydrogens (tertiary/aromatic N) is 4. The van der Waals surface area contributed by atoms with E-state index in [-0.39, 0.29) is 18.1 Å². The summed E-state index contributed by atoms with van der Waals surface area (Å²) in [7, 11) is 3.72. The van der Waals surface area contributed by atoms with E-state index in [1.165, 1.54) is 0 Å². The molecule has 42 heavy (non-hydrogen) atoms. The molecule has 214 valence electrons. The number of carbonyl (C=O) groups excluding carboxylic acids is 1. The van der Waals surface area contributed by atoms with Crippen LogP contribution in [-0.2, 0) is 4.74 Å². The monoisotopic (exact) mass is 564 g/mol. The first-order chi connectivity index (χ1) is 20.5. The van der Waals surface area contributed by atoms with Crippen LogP contribution in [0, 0.1) is 11.3 Å². The fourth-order valence-corrected chi connectivity index (χ4v) is 6.47. The summed E-state index contributed by atoms with van der Waals surface area (Å²) in [6, 6.07) is 17.9. The standard InChI is InChI=1S/C33H32N4O5/c1-36-18-24-15-23(36)19-37(24)33(38)21-3-5-27(30(14-21)39-2)31-16-28-32(42-31)26(7-10-35-28)20-4-6-29(22(13-20)17-34)41-25-8-11-40-12-9-25/h3-7,10,13-14,16,23-25H,8-9,11-12,15,18-19H2,1-2H3. The molecule has 9 heteroatoms. The number of pyridine rings is 1. The summed E-state index contributed by atoms with van der Waals surface area (Å²) in [6.07, 6.45) is 4.42. The summed E-state index contributed by atoms with van der Waals surface area (Å²) in [5, 5.41) is 9.88. The largest absolute Gasteiger partial charge is 0.496 e. The molecule has 1 amide bonds. The Labute approximate surface area is 244 Å². The molecule has 2 atom stereocenters. The van der Waals surface area contributed by atoms with E-state index in [0.29, 0.717) is 58.7 Å². The number of piperazine rings is 1. The van der Waals surface area contributed by atoms with Crippen LogP contribution in [0.1, 0.15) is 35.2 Å². The Kier molecular flexibility index (Phi) is 6.81. The van der Waals surface area contributed by atoms with Gasteiger partial charge in [0.05, 0.1) is 31.5 Å². The van der Waals surface area contributed by atoms with E-state index in [4.69, 9.17) is 18.6 Å². The number of ether oxygens (including phenoxy) is 3. The van der Waals surface area contributed by atoms with Crippen molar-refractivity contribution in [3.63, 3.8) is 0 Å². The van der Waals surface area contributed by atoms with Crippen molar-refractivity contribution in [2.24, 2.45) is 0 Å². The van der Waals surface area contributed by atoms with Crippen LogP contribution in [0.4, 0.5) is 0 Å². The molecule has 7 rings (SSSR count). The first-order valence-corrected chi connectivity index (χ1v) is 14.4. The molecule has 3 aliphatic heterocycles. The van der Waals surface area contributed by atoms with E-state index in [1.54, 1.807) is 19.4 Å². The van der Waals surface area contributed by atoms with Gasteiger partial charge in [0.25, 0.3) is 5.91 Å². The van der Waals surface area contributed by atoms with Gasteiger partial charge < -0.3 is 23.5 Å². The van der Waals surface area contributed by atoms with Crippen LogP contribution in [0.3, 0.4) is 0 Å². The van der Waals surface area contributed by atoms with Gasteiger partial charge in [-0.2, -0.15) is 5.26 Å². The molecule has 9 nitrogen and oxygen atoms in total. The number of nitriles is 1. The van der Waals surface area contributed by atoms with Gasteiger partial charge in [-0.3, -0.25) is 14.7 Å². The first-order valence-electron chi connectivity index (χ1n) is 14.4. The van der Waals surface area contributed by atoms with Crippen LogP contribution in [0.15, 0.2) is 59.1 Å². The van der Waals surface area contributed by atoms with Gasteiger partial charge in [0, 0.05) is 61.4 Å². The molecule has 2 bridgehead atoms. The van der Waals surface area contributed by atoms with Gasteiger partial charge in [0.1, 0.15) is 34.9 Å². The number of likely N-dealkylation sites (tertiary alicyclic amines) is 2. The van der Waals surface area contributed by atoms with Gasteiger partial charge >= 0.3 is 0 Å². The lowest BCUT2D eigenvalue weighted by atomic mass is 10.0. The van der Waals surface area contributed by atoms with Crippen molar-refractivity contribution < 1.29 is 23.4 Å². The highest BCUT2D eigenvalue weighted by atomic mass is 16.5. The van der Waals surface area contributed by atoms with Crippen LogP contribution in [0.25, 0.3) is 33.6 Å². The summed E-state index contributed by atoms with van der Waals surface area (Å²) in [4.78, 5) is 22.2. The Morgan fingerprint density at radius 3 is 2.62 bits per heavy atom. The normalized spacial score (nSPS) is 20.6. The Balaban J connectivity index is 1.18. The van der Waals surface area contributed by atoms with Gasteiger partial charge in [-0.15, -0.1) is 0 Å². The third-order valence-electron chi connectivity index (χ3n) is 8.77. The lowest BCUT2D eigenvalue weighted by Crippen LogP contribution is -2.47. The number of furan rings is 1. The average Bonchev–Trinajstić information content (AvgIpc) is 3.75. The van der Waals surface area contributed by atoms with Crippen molar-refractivity contribution in [1.82, 2.24) is 14.8 Å². The van der Waals surface area contributed by atoms with Crippen LogP contribution < -0.4 is 9.47 Å². The maximum atomic E-state index is 13.4. The molecule has 4 aromatic rings. The van der Waals surface area contributed by atoms with E-state index in [2.05, 4.69) is 23.0 Å². The summed E-state index contributed by atoms with van der Waals surface area (Å²) in [5.41, 5.74) is 4.75. The third-order valence-corrected chi connectivity index (χ3v) is 8.77. The minimum absolute atomic E-state index is 0.0338. The van der Waals surface area contributed by atoms with Crippen molar-refractivity contribution in [2.45, 2.75) is 37.5 Å². The van der Waals surface area contributed by atoms with Gasteiger partial charge in [0.15, 0.2) is 5.58 Å². The molecular formula is C33H32N4O5. The summed E-state index contributed by atoms with van der Waals surface area (Å²) in [5.74, 6) is 1.75. The van der Waals surface area contributed by atoms with Crippen LogP contribution in [0.2, 0.25) is 0 Å². The van der Waals surface area contributed by atoms with E-state index in [9.17, 15) is 10.1 Å². The zero-order valence-corrected chi connectivity index (χ0v) is 23.7. The number of fused-ring (bicyclic) bond motifs is 3. The second kappa shape index (κ2) is 10.8. The Bertz CT molecular complexity index is 1700. The lowest BCUT2D eigenvalue weighted by Gasteiger charge is -2.32. The van der Waals surface area contributed by atoms with Crippen molar-refractivity contribution >= 4 is 17.0 Å². The predicted molar refractivity (Wildman–Crippen MR) is 156 cm³/mol. The fraction of sp³-hybridized carbons (Fsp3) is 0.364. The van der Waals surface area contributed by atoms with Crippen molar-refractivity contribution in [3.8, 4) is 40.0 Å². The molecular weight excluding hydrogens is 532 g/mol. The molecule has 3 aliphatic rings. The maximum Gasteiger partial charge on any atom is 0.254 e. The molecule has 2 unspecified atom stereocenters. The minimum atomic E-state index is 0.0338. The molecule has 3 fully saturated rings. The van der Waals surface area contributed by atoms with Crippen LogP contribution >= 0.6 is 0 Å². The molecule has 2 aromatic carbocycles. The number of amides is 1. The lowest BCUT2D eigenvalue weighted by molar-refractivity contribution is 0.0254. The summed E-state index contributed by atoms with van der Waals surface area (Å²) < 4.78 is 23.7. The SMILES string of the molecule is COc1cc(C(=O)N2CC3CC2CN3C)ccc1-c1cc2nccc(-c3ccc(OC4CCOCC4)c(C#N)c3)c2o1. The number of methoxy groups -OCH3 is 1. The molecule has 0 saturated carbocycles. The Morgan fingerprint density at radius 1 is 1.02 bits per heavy atom. The molecule has 3 saturated heterocycles. The Hall–Kier alpha value is -4.39. The van der Waals surface area contributed by atoms with Crippen molar-refractivity contribution in [3.05, 3.63) is 65.9 Å². The molecule has 0 N–H and O–H groups in total. The van der Waals surface area contributed by atoms with Crippen molar-refractivity contribution in [2.75, 3.05) is 40.5 Å². The van der Waals surface area contributed by atoms with E-state index < -0.39 is 0 Å². The van der Waals surface area contributed by atoms with E-state index in [1.807, 2.05) is 47.4 Å². The van der Waals surface area contributed by atoms with E-state index >= 15 is 0 Å². The molecule has 5 heterocycles. The Morgan fingerprint density at radius 2 is 1.88 bits per heavy atom. The quantitative estimate of drug-likeness (QED) is 0.318. The molecule has 0 radical (unpaired) electrons. The topological polar surface area (TPSA) is 101 Å². The number of hydrogen-bond donors (Lipinski definition) is 0. The highest BCUT2D eigenvalue weighted by Gasteiger charge is 2.43. The first kappa shape index (κ1) is 26.5. The number of likely N-dealkylation sites (N-methyl/N-ethyl adjacent to an activating group) is 1. The number of rotatable bonds is 6. The predicted octanol–water partition coefficient (Wildman–Crippen LogP) is 5.13. The van der Waals surface area contributed by atoms with Gasteiger partial charge in [-0.25, -0.2) is 0 Å². The molecule has 0 aliphatic carbocycles. The van der Waals surface area contributed by atoms with Gasteiger partial charge in [-0.1, -0.05) is 6.07 Å². The minimum Gasteiger partial charge on any atom is -0.496 e. The zero-order chi connectivity index (χ0) is 28.8. The number of carbonyl (C=O) groups is 1. The molecule has 0 spiro atoms. The average molecular weight is 565 g/mol. The number of benzene rings is 2. The highest BCUT2D eigenvalue weighted by molar-refractivity contribution is 5.97. The summed E-state index contributed by atoms with van der Waals surface area (Å²) >= 11 is 0. The summed E-state index contributed by atoms with van der Waals surface area (Å²) in [6.45, 7) is 3.02. The highest BCUT2D eigenvalue weighted by Crippen LogP contribution is 2.39. The number of aromatic nitrogens is 1. The van der Waals surface area contributed by atoms with Crippen molar-refractivity contribution in [1.29, 1.82) is 5.26 Å². The second-order valence-electron chi connectivity index (χ2n) is 11.3. The van der Waals surface area contributed by atoms with E-state index in [0.717, 1.165) is 49.0 Å². The maximum absolute atomic E-state index is 13.4. The smallest absolute Gasteiger partial charge is 0.254 e. The van der Waals surface area contributed by atoms with Gasteiger partial charge in [0.2, 0.25) is 0 Å². The van der Waals surface area contributed by atoms with Gasteiger partial charge in [-0.05, 0) is 55.4 Å². The van der Waals surface area contributed by atoms with Crippen LogP contribution in [0.5, 0.6) is 11.5 Å². The zero-order valence-electron chi connectivity index (χ0n) is 23.7. The number of hydrogen-bond acceptors (Lipinski definition) is 8. The second-order valence-corrected chi connectivity index (χ2v) is 11.3. The van der Waals surface area contributed by atoms with Crippen LogP contribution in [-0.4, -0.2) is 79.3 Å². The third kappa shape index (κ3) is 4.67. The fourth-order valence-electron chi connectivity index (χ4n) is 6.47. The molecule has 2 aromatic heterocycles.